The van der Waals surface area contributed by atoms with Gasteiger partial charge in [0.2, 0.25) is 0 Å². The van der Waals surface area contributed by atoms with Gasteiger partial charge in [0.05, 0.1) is 12.2 Å². The zero-order chi connectivity index (χ0) is 22.1. The number of aliphatic hydroxyl groups is 1. The fraction of sp³-hybridized carbons (Fsp3) is 0.571. The van der Waals surface area contributed by atoms with Crippen LogP contribution in [0.3, 0.4) is 0 Å². The zero-order valence-electron chi connectivity index (χ0n) is 19.7. The molecule has 1 heterocycles. The summed E-state index contributed by atoms with van der Waals surface area (Å²) in [6.07, 6.45) is 6.91. The van der Waals surface area contributed by atoms with Crippen LogP contribution < -0.4 is 4.74 Å². The van der Waals surface area contributed by atoms with E-state index in [1.165, 1.54) is 31.2 Å². The van der Waals surface area contributed by atoms with Crippen molar-refractivity contribution in [2.75, 3.05) is 26.2 Å². The standard InChI is InChI=1S/C28H41NO2/c1-4-31-26-16-14-25(15-17-26)28(30,19-18-23(2)3)27(24-12-8-7-9-13-24)22-29-20-10-5-6-11-21-29/h7-9,12-17,23,27,30H,4-6,10-11,18-22H2,1-3H3/t27-,28-/m1/s1. The monoisotopic (exact) mass is 423 g/mol. The Labute approximate surface area is 189 Å². The molecule has 2 atom stereocenters. The summed E-state index contributed by atoms with van der Waals surface area (Å²) in [5, 5.41) is 12.4. The predicted octanol–water partition coefficient (Wildman–Crippen LogP) is 6.37. The highest BCUT2D eigenvalue weighted by molar-refractivity contribution is 5.35. The van der Waals surface area contributed by atoms with Gasteiger partial charge in [0.25, 0.3) is 0 Å². The molecule has 0 amide bonds. The average Bonchev–Trinajstić information content (AvgIpc) is 3.06. The van der Waals surface area contributed by atoms with Gasteiger partial charge >= 0.3 is 0 Å². The molecule has 0 aromatic heterocycles. The molecule has 0 unspecified atom stereocenters. The van der Waals surface area contributed by atoms with Crippen LogP contribution in [0.4, 0.5) is 0 Å². The number of hydrogen-bond acceptors (Lipinski definition) is 3. The van der Waals surface area contributed by atoms with Crippen molar-refractivity contribution in [1.82, 2.24) is 4.90 Å². The Morgan fingerprint density at radius 2 is 1.58 bits per heavy atom. The molecule has 1 aliphatic heterocycles. The van der Waals surface area contributed by atoms with E-state index in [2.05, 4.69) is 61.2 Å². The van der Waals surface area contributed by atoms with Gasteiger partial charge in [-0.2, -0.15) is 0 Å². The Bertz CT molecular complexity index is 750. The lowest BCUT2D eigenvalue weighted by Gasteiger charge is -2.40. The molecule has 31 heavy (non-hydrogen) atoms. The summed E-state index contributed by atoms with van der Waals surface area (Å²) in [6.45, 7) is 10.3. The second kappa shape index (κ2) is 11.7. The molecule has 1 aliphatic rings. The van der Waals surface area contributed by atoms with E-state index >= 15 is 0 Å². The van der Waals surface area contributed by atoms with Crippen molar-refractivity contribution in [3.8, 4) is 5.75 Å². The summed E-state index contributed by atoms with van der Waals surface area (Å²) in [5.41, 5.74) is 1.31. The molecule has 0 bridgehead atoms. The van der Waals surface area contributed by atoms with Crippen LogP contribution in [0.2, 0.25) is 0 Å². The molecule has 0 aliphatic carbocycles. The minimum Gasteiger partial charge on any atom is -0.494 e. The van der Waals surface area contributed by atoms with Gasteiger partial charge in [-0.15, -0.1) is 0 Å². The third-order valence-corrected chi connectivity index (χ3v) is 6.69. The SMILES string of the molecule is CCOc1ccc([C@](O)(CCC(C)C)[C@H](CN2CCCCCC2)c2ccccc2)cc1. The summed E-state index contributed by atoms with van der Waals surface area (Å²) in [7, 11) is 0. The molecule has 2 aromatic rings. The van der Waals surface area contributed by atoms with E-state index in [9.17, 15) is 5.11 Å². The van der Waals surface area contributed by atoms with Crippen molar-refractivity contribution in [3.63, 3.8) is 0 Å². The first-order valence-corrected chi connectivity index (χ1v) is 12.3. The van der Waals surface area contributed by atoms with Crippen LogP contribution in [0.1, 0.15) is 76.3 Å². The van der Waals surface area contributed by atoms with Crippen LogP contribution >= 0.6 is 0 Å². The van der Waals surface area contributed by atoms with Crippen molar-refractivity contribution in [2.45, 2.75) is 70.8 Å². The van der Waals surface area contributed by atoms with Gasteiger partial charge in [0.1, 0.15) is 5.75 Å². The first-order valence-electron chi connectivity index (χ1n) is 12.3. The Morgan fingerprint density at radius 3 is 2.16 bits per heavy atom. The highest BCUT2D eigenvalue weighted by atomic mass is 16.5. The molecule has 3 rings (SSSR count). The maximum atomic E-state index is 12.4. The Hall–Kier alpha value is -1.84. The minimum absolute atomic E-state index is 0.0310. The molecule has 3 nitrogen and oxygen atoms in total. The zero-order valence-corrected chi connectivity index (χ0v) is 19.7. The molecule has 0 saturated carbocycles. The molecule has 2 aromatic carbocycles. The van der Waals surface area contributed by atoms with Crippen LogP contribution in [0, 0.1) is 5.92 Å². The van der Waals surface area contributed by atoms with Crippen LogP contribution in [0.5, 0.6) is 5.75 Å². The smallest absolute Gasteiger partial charge is 0.119 e. The highest BCUT2D eigenvalue weighted by Gasteiger charge is 2.40. The normalized spacial score (nSPS) is 18.4. The summed E-state index contributed by atoms with van der Waals surface area (Å²) >= 11 is 0. The fourth-order valence-electron chi connectivity index (χ4n) is 4.83. The minimum atomic E-state index is -0.914. The molecular formula is C28H41NO2. The van der Waals surface area contributed by atoms with Gasteiger partial charge in [-0.3, -0.25) is 0 Å². The second-order valence-electron chi connectivity index (χ2n) is 9.49. The van der Waals surface area contributed by atoms with E-state index in [1.54, 1.807) is 0 Å². The number of rotatable bonds is 10. The van der Waals surface area contributed by atoms with Crippen molar-refractivity contribution in [2.24, 2.45) is 5.92 Å². The fourth-order valence-corrected chi connectivity index (χ4v) is 4.83. The molecule has 1 N–H and O–H groups in total. The van der Waals surface area contributed by atoms with Crippen LogP contribution in [-0.4, -0.2) is 36.2 Å². The van der Waals surface area contributed by atoms with Crippen molar-refractivity contribution in [1.29, 1.82) is 0 Å². The third-order valence-electron chi connectivity index (χ3n) is 6.69. The van der Waals surface area contributed by atoms with E-state index in [1.807, 2.05) is 19.1 Å². The Balaban J connectivity index is 1.98. The van der Waals surface area contributed by atoms with Gasteiger partial charge in [-0.1, -0.05) is 69.2 Å². The molecule has 170 valence electrons. The van der Waals surface area contributed by atoms with Crippen LogP contribution in [0.15, 0.2) is 54.6 Å². The number of nitrogens with zero attached hydrogens (tertiary/aromatic N) is 1. The van der Waals surface area contributed by atoms with Gasteiger partial charge in [-0.25, -0.2) is 0 Å². The van der Waals surface area contributed by atoms with Crippen molar-refractivity contribution < 1.29 is 9.84 Å². The number of benzene rings is 2. The summed E-state index contributed by atoms with van der Waals surface area (Å²) in [4.78, 5) is 2.58. The molecular weight excluding hydrogens is 382 g/mol. The lowest BCUT2D eigenvalue weighted by molar-refractivity contribution is -0.0170. The summed E-state index contributed by atoms with van der Waals surface area (Å²) < 4.78 is 5.66. The van der Waals surface area contributed by atoms with Crippen LogP contribution in [0.25, 0.3) is 0 Å². The van der Waals surface area contributed by atoms with E-state index < -0.39 is 5.60 Å². The Kier molecular flexibility index (Phi) is 8.98. The first-order chi connectivity index (χ1) is 15.0. The van der Waals surface area contributed by atoms with Crippen LogP contribution in [-0.2, 0) is 5.60 Å². The highest BCUT2D eigenvalue weighted by Crippen LogP contribution is 2.42. The largest absolute Gasteiger partial charge is 0.494 e. The first kappa shape index (κ1) is 23.8. The third kappa shape index (κ3) is 6.57. The maximum Gasteiger partial charge on any atom is 0.119 e. The lowest BCUT2D eigenvalue weighted by Crippen LogP contribution is -2.41. The predicted molar refractivity (Wildman–Crippen MR) is 130 cm³/mol. The van der Waals surface area contributed by atoms with E-state index in [0.29, 0.717) is 12.5 Å². The maximum absolute atomic E-state index is 12.4. The molecule has 3 heteroatoms. The van der Waals surface area contributed by atoms with Gasteiger partial charge in [-0.05, 0) is 74.9 Å². The quantitative estimate of drug-likeness (QED) is 0.482. The molecule has 1 fully saturated rings. The van der Waals surface area contributed by atoms with E-state index in [0.717, 1.165) is 43.8 Å². The van der Waals surface area contributed by atoms with Crippen molar-refractivity contribution in [3.05, 3.63) is 65.7 Å². The van der Waals surface area contributed by atoms with Crippen molar-refractivity contribution >= 4 is 0 Å². The van der Waals surface area contributed by atoms with Gasteiger partial charge in [0.15, 0.2) is 0 Å². The topological polar surface area (TPSA) is 32.7 Å². The molecule has 0 radical (unpaired) electrons. The van der Waals surface area contributed by atoms with E-state index in [-0.39, 0.29) is 5.92 Å². The number of ether oxygens (including phenoxy) is 1. The Morgan fingerprint density at radius 1 is 0.935 bits per heavy atom. The van der Waals surface area contributed by atoms with Gasteiger partial charge in [0, 0.05) is 12.5 Å². The summed E-state index contributed by atoms with van der Waals surface area (Å²) in [5.74, 6) is 1.44. The lowest BCUT2D eigenvalue weighted by atomic mass is 9.73. The average molecular weight is 424 g/mol. The second-order valence-corrected chi connectivity index (χ2v) is 9.49. The number of hydrogen-bond donors (Lipinski definition) is 1. The summed E-state index contributed by atoms with van der Waals surface area (Å²) in [6, 6.07) is 18.8. The molecule has 0 spiro atoms. The molecule has 1 saturated heterocycles. The van der Waals surface area contributed by atoms with Gasteiger partial charge < -0.3 is 14.7 Å². The number of likely N-dealkylation sites (tertiary alicyclic amines) is 1. The van der Waals surface area contributed by atoms with E-state index in [4.69, 9.17) is 4.74 Å².